The number of nitrogens with one attached hydrogen (secondary N) is 2. The van der Waals surface area contributed by atoms with E-state index >= 15 is 0 Å². The molecule has 0 aliphatic heterocycles. The fraction of sp³-hybridized carbons (Fsp3) is 0.500. The fourth-order valence-electron chi connectivity index (χ4n) is 1.51. The van der Waals surface area contributed by atoms with Gasteiger partial charge in [0.25, 0.3) is 0 Å². The quantitative estimate of drug-likeness (QED) is 0.707. The molecule has 0 aliphatic rings. The minimum Gasteiger partial charge on any atom is -0.480 e. The third-order valence-electron chi connectivity index (χ3n) is 2.42. The number of hydrogen-bond acceptors (Lipinski definition) is 3. The molecule has 1 aromatic heterocycles. The fourth-order valence-corrected chi connectivity index (χ4v) is 2.22. The lowest BCUT2D eigenvalue weighted by Crippen LogP contribution is -2.46. The Labute approximate surface area is 110 Å². The molecular weight excluding hydrogens is 252 g/mol. The number of hydrogen-bond donors (Lipinski definition) is 3. The maximum atomic E-state index is 11.5. The second-order valence-electron chi connectivity index (χ2n) is 3.91. The van der Waals surface area contributed by atoms with Gasteiger partial charge in [-0.05, 0) is 24.3 Å². The SMILES string of the molecule is CCC[C@H](NC(=O)NCCc1cccs1)C(=O)O. The van der Waals surface area contributed by atoms with Crippen LogP contribution in [-0.2, 0) is 11.2 Å². The predicted molar refractivity (Wildman–Crippen MR) is 70.9 cm³/mol. The van der Waals surface area contributed by atoms with Crippen molar-refractivity contribution in [3.63, 3.8) is 0 Å². The summed E-state index contributed by atoms with van der Waals surface area (Å²) in [6.45, 7) is 2.39. The lowest BCUT2D eigenvalue weighted by molar-refractivity contribution is -0.139. The van der Waals surface area contributed by atoms with Crippen LogP contribution >= 0.6 is 11.3 Å². The van der Waals surface area contributed by atoms with Gasteiger partial charge >= 0.3 is 12.0 Å². The van der Waals surface area contributed by atoms with Gasteiger partial charge in [-0.2, -0.15) is 0 Å². The first kappa shape index (κ1) is 14.5. The van der Waals surface area contributed by atoms with Gasteiger partial charge in [-0.15, -0.1) is 11.3 Å². The molecule has 6 heteroatoms. The first-order valence-electron chi connectivity index (χ1n) is 5.93. The van der Waals surface area contributed by atoms with E-state index in [0.29, 0.717) is 19.4 Å². The Morgan fingerprint density at radius 2 is 2.28 bits per heavy atom. The van der Waals surface area contributed by atoms with Gasteiger partial charge in [0.15, 0.2) is 0 Å². The Morgan fingerprint density at radius 3 is 2.83 bits per heavy atom. The van der Waals surface area contributed by atoms with E-state index in [1.807, 2.05) is 24.4 Å². The number of carbonyl (C=O) groups excluding carboxylic acids is 1. The van der Waals surface area contributed by atoms with Crippen molar-refractivity contribution in [1.29, 1.82) is 0 Å². The van der Waals surface area contributed by atoms with E-state index in [4.69, 9.17) is 5.11 Å². The van der Waals surface area contributed by atoms with E-state index in [0.717, 1.165) is 6.42 Å². The molecule has 1 rings (SSSR count). The molecule has 0 unspecified atom stereocenters. The molecule has 1 atom stereocenters. The van der Waals surface area contributed by atoms with Gasteiger partial charge in [-0.3, -0.25) is 0 Å². The lowest BCUT2D eigenvalue weighted by atomic mass is 10.2. The Kier molecular flexibility index (Phi) is 6.21. The third-order valence-corrected chi connectivity index (χ3v) is 3.35. The van der Waals surface area contributed by atoms with Crippen molar-refractivity contribution >= 4 is 23.3 Å². The maximum Gasteiger partial charge on any atom is 0.326 e. The van der Waals surface area contributed by atoms with Crippen LogP contribution in [-0.4, -0.2) is 29.7 Å². The van der Waals surface area contributed by atoms with Gasteiger partial charge in [0.05, 0.1) is 0 Å². The molecule has 0 saturated heterocycles. The first-order chi connectivity index (χ1) is 8.63. The van der Waals surface area contributed by atoms with Crippen molar-refractivity contribution < 1.29 is 14.7 Å². The minimum atomic E-state index is -0.995. The van der Waals surface area contributed by atoms with Gasteiger partial charge < -0.3 is 15.7 Å². The smallest absolute Gasteiger partial charge is 0.326 e. The number of carboxylic acids is 1. The van der Waals surface area contributed by atoms with Gasteiger partial charge in [0.2, 0.25) is 0 Å². The number of amides is 2. The molecule has 0 aliphatic carbocycles. The molecule has 100 valence electrons. The van der Waals surface area contributed by atoms with Crippen molar-refractivity contribution in [2.45, 2.75) is 32.2 Å². The van der Waals surface area contributed by atoms with Crippen LogP contribution in [0.15, 0.2) is 17.5 Å². The highest BCUT2D eigenvalue weighted by atomic mass is 32.1. The summed E-state index contributed by atoms with van der Waals surface area (Å²) in [5.74, 6) is -0.995. The molecular formula is C12H18N2O3S. The minimum absolute atomic E-state index is 0.424. The number of urea groups is 1. The van der Waals surface area contributed by atoms with Crippen LogP contribution in [0.1, 0.15) is 24.6 Å². The summed E-state index contributed by atoms with van der Waals surface area (Å²) in [5.41, 5.74) is 0. The van der Waals surface area contributed by atoms with E-state index in [9.17, 15) is 9.59 Å². The van der Waals surface area contributed by atoms with Crippen LogP contribution in [0, 0.1) is 0 Å². The molecule has 0 radical (unpaired) electrons. The summed E-state index contributed by atoms with van der Waals surface area (Å²) in [6.07, 6.45) is 1.91. The van der Waals surface area contributed by atoms with E-state index in [1.165, 1.54) is 4.88 Å². The van der Waals surface area contributed by atoms with Crippen LogP contribution in [0.3, 0.4) is 0 Å². The van der Waals surface area contributed by atoms with E-state index < -0.39 is 18.0 Å². The number of thiophene rings is 1. The van der Waals surface area contributed by atoms with Crippen molar-refractivity contribution in [2.24, 2.45) is 0 Å². The normalized spacial score (nSPS) is 11.8. The molecule has 0 bridgehead atoms. The van der Waals surface area contributed by atoms with Crippen molar-refractivity contribution in [2.75, 3.05) is 6.54 Å². The molecule has 1 aromatic rings. The largest absolute Gasteiger partial charge is 0.480 e. The van der Waals surface area contributed by atoms with Gasteiger partial charge in [0.1, 0.15) is 6.04 Å². The Balaban J connectivity index is 2.25. The molecule has 18 heavy (non-hydrogen) atoms. The predicted octanol–water partition coefficient (Wildman–Crippen LogP) is 1.84. The monoisotopic (exact) mass is 270 g/mol. The maximum absolute atomic E-state index is 11.5. The van der Waals surface area contributed by atoms with E-state index in [-0.39, 0.29) is 0 Å². The van der Waals surface area contributed by atoms with Crippen LogP contribution in [0.4, 0.5) is 4.79 Å². The lowest BCUT2D eigenvalue weighted by Gasteiger charge is -2.14. The average molecular weight is 270 g/mol. The molecule has 0 fully saturated rings. The van der Waals surface area contributed by atoms with E-state index in [2.05, 4.69) is 10.6 Å². The van der Waals surface area contributed by atoms with Crippen molar-refractivity contribution in [1.82, 2.24) is 10.6 Å². The summed E-state index contributed by atoms with van der Waals surface area (Å²) < 4.78 is 0. The summed E-state index contributed by atoms with van der Waals surface area (Å²) in [6, 6.07) is 2.73. The van der Waals surface area contributed by atoms with Gasteiger partial charge in [-0.25, -0.2) is 9.59 Å². The zero-order chi connectivity index (χ0) is 13.4. The Bertz CT molecular complexity index is 379. The van der Waals surface area contributed by atoms with Crippen LogP contribution in [0.5, 0.6) is 0 Å². The highest BCUT2D eigenvalue weighted by Crippen LogP contribution is 2.07. The summed E-state index contributed by atoms with van der Waals surface area (Å²) in [5, 5.41) is 16.0. The molecule has 2 amide bonds. The molecule has 1 heterocycles. The standard InChI is InChI=1S/C12H18N2O3S/c1-2-4-10(11(15)16)14-12(17)13-7-6-9-5-3-8-18-9/h3,5,8,10H,2,4,6-7H2,1H3,(H,15,16)(H2,13,14,17)/t10-/m0/s1. The Morgan fingerprint density at radius 1 is 1.50 bits per heavy atom. The molecule has 0 aromatic carbocycles. The summed E-state index contributed by atoms with van der Waals surface area (Å²) in [4.78, 5) is 23.5. The number of carboxylic acid groups (broad SMARTS) is 1. The topological polar surface area (TPSA) is 78.4 Å². The number of carbonyl (C=O) groups is 2. The number of aliphatic carboxylic acids is 1. The summed E-state index contributed by atoms with van der Waals surface area (Å²) in [7, 11) is 0. The first-order valence-corrected chi connectivity index (χ1v) is 6.81. The van der Waals surface area contributed by atoms with Crippen LogP contribution in [0.2, 0.25) is 0 Å². The van der Waals surface area contributed by atoms with Crippen molar-refractivity contribution in [3.05, 3.63) is 22.4 Å². The second kappa shape index (κ2) is 7.71. The second-order valence-corrected chi connectivity index (χ2v) is 4.94. The van der Waals surface area contributed by atoms with Crippen LogP contribution in [0.25, 0.3) is 0 Å². The van der Waals surface area contributed by atoms with E-state index in [1.54, 1.807) is 11.3 Å². The number of rotatable bonds is 7. The zero-order valence-electron chi connectivity index (χ0n) is 10.3. The third kappa shape index (κ3) is 5.18. The highest BCUT2D eigenvalue weighted by molar-refractivity contribution is 7.09. The molecule has 5 nitrogen and oxygen atoms in total. The van der Waals surface area contributed by atoms with Gasteiger partial charge in [0, 0.05) is 11.4 Å². The average Bonchev–Trinajstić information content (AvgIpc) is 2.81. The summed E-state index contributed by atoms with van der Waals surface area (Å²) >= 11 is 1.64. The zero-order valence-corrected chi connectivity index (χ0v) is 11.1. The highest BCUT2D eigenvalue weighted by Gasteiger charge is 2.18. The Hall–Kier alpha value is -1.56. The molecule has 0 saturated carbocycles. The van der Waals surface area contributed by atoms with Crippen molar-refractivity contribution in [3.8, 4) is 0 Å². The molecule has 3 N–H and O–H groups in total. The molecule has 0 spiro atoms. The van der Waals surface area contributed by atoms with Crippen LogP contribution < -0.4 is 10.6 Å². The van der Waals surface area contributed by atoms with Gasteiger partial charge in [-0.1, -0.05) is 19.4 Å².